The quantitative estimate of drug-likeness (QED) is 0.310. The standard InChI is InChI=1S/C30H21N/c1-3-11-21(12-4-1)23-16-9-17-25(29(23)22-13-5-2-6-14-22)27-19-10-18-26-24-15-7-8-20-28(24)31-30(26)27/h1-20,31H. The van der Waals surface area contributed by atoms with Gasteiger partial charge in [-0.1, -0.05) is 115 Å². The summed E-state index contributed by atoms with van der Waals surface area (Å²) in [6.45, 7) is 0. The van der Waals surface area contributed by atoms with Crippen LogP contribution < -0.4 is 0 Å². The maximum atomic E-state index is 3.68. The van der Waals surface area contributed by atoms with Crippen molar-refractivity contribution in [2.75, 3.05) is 0 Å². The van der Waals surface area contributed by atoms with Crippen molar-refractivity contribution in [2.24, 2.45) is 0 Å². The zero-order valence-electron chi connectivity index (χ0n) is 17.0. The van der Waals surface area contributed by atoms with Gasteiger partial charge in [0.1, 0.15) is 0 Å². The highest BCUT2D eigenvalue weighted by Crippen LogP contribution is 2.42. The molecule has 0 spiro atoms. The summed E-state index contributed by atoms with van der Waals surface area (Å²) in [4.78, 5) is 3.68. The number of aromatic amines is 1. The van der Waals surface area contributed by atoms with Gasteiger partial charge in [-0.05, 0) is 33.9 Å². The summed E-state index contributed by atoms with van der Waals surface area (Å²) in [5.74, 6) is 0. The van der Waals surface area contributed by atoms with E-state index in [1.165, 1.54) is 55.2 Å². The second-order valence-electron chi connectivity index (χ2n) is 7.86. The van der Waals surface area contributed by atoms with Crippen LogP contribution in [0.1, 0.15) is 0 Å². The molecule has 0 bridgehead atoms. The molecule has 5 aromatic carbocycles. The maximum Gasteiger partial charge on any atom is 0.0544 e. The van der Waals surface area contributed by atoms with E-state index in [9.17, 15) is 0 Å². The fraction of sp³-hybridized carbons (Fsp3) is 0. The molecule has 0 unspecified atom stereocenters. The van der Waals surface area contributed by atoms with Gasteiger partial charge < -0.3 is 4.98 Å². The Morgan fingerprint density at radius 3 is 1.77 bits per heavy atom. The van der Waals surface area contributed by atoms with Crippen LogP contribution in [0.15, 0.2) is 121 Å². The van der Waals surface area contributed by atoms with Crippen LogP contribution in [-0.2, 0) is 0 Å². The van der Waals surface area contributed by atoms with Gasteiger partial charge in [0, 0.05) is 21.9 Å². The summed E-state index contributed by atoms with van der Waals surface area (Å²) in [5.41, 5.74) is 9.79. The number of hydrogen-bond acceptors (Lipinski definition) is 0. The van der Waals surface area contributed by atoms with Crippen LogP contribution in [0.2, 0.25) is 0 Å². The van der Waals surface area contributed by atoms with Crippen molar-refractivity contribution < 1.29 is 0 Å². The first-order valence-corrected chi connectivity index (χ1v) is 10.6. The first-order valence-electron chi connectivity index (χ1n) is 10.6. The van der Waals surface area contributed by atoms with Gasteiger partial charge in [0.2, 0.25) is 0 Å². The lowest BCUT2D eigenvalue weighted by molar-refractivity contribution is 1.52. The Labute approximate surface area is 181 Å². The molecule has 1 nitrogen and oxygen atoms in total. The van der Waals surface area contributed by atoms with Gasteiger partial charge in [0.25, 0.3) is 0 Å². The molecule has 146 valence electrons. The number of para-hydroxylation sites is 2. The zero-order valence-corrected chi connectivity index (χ0v) is 17.0. The number of benzene rings is 5. The number of rotatable bonds is 3. The van der Waals surface area contributed by atoms with Crippen molar-refractivity contribution in [3.8, 4) is 33.4 Å². The van der Waals surface area contributed by atoms with E-state index in [1.807, 2.05) is 0 Å². The normalized spacial score (nSPS) is 11.2. The summed E-state index contributed by atoms with van der Waals surface area (Å²) < 4.78 is 0. The smallest absolute Gasteiger partial charge is 0.0544 e. The van der Waals surface area contributed by atoms with Crippen molar-refractivity contribution in [2.45, 2.75) is 0 Å². The van der Waals surface area contributed by atoms with Crippen molar-refractivity contribution in [3.63, 3.8) is 0 Å². The molecule has 6 aromatic rings. The van der Waals surface area contributed by atoms with Gasteiger partial charge in [-0.3, -0.25) is 0 Å². The van der Waals surface area contributed by atoms with Gasteiger partial charge in [-0.15, -0.1) is 0 Å². The Kier molecular flexibility index (Phi) is 4.18. The minimum Gasteiger partial charge on any atom is -0.354 e. The van der Waals surface area contributed by atoms with E-state index >= 15 is 0 Å². The van der Waals surface area contributed by atoms with E-state index in [0.717, 1.165) is 0 Å². The zero-order chi connectivity index (χ0) is 20.6. The molecule has 1 heteroatoms. The van der Waals surface area contributed by atoms with Crippen molar-refractivity contribution in [3.05, 3.63) is 121 Å². The number of aromatic nitrogens is 1. The molecule has 0 amide bonds. The Morgan fingerprint density at radius 1 is 0.387 bits per heavy atom. The summed E-state index contributed by atoms with van der Waals surface area (Å²) in [5, 5.41) is 2.53. The van der Waals surface area contributed by atoms with Gasteiger partial charge in [0.05, 0.1) is 5.52 Å². The second-order valence-corrected chi connectivity index (χ2v) is 7.86. The number of nitrogens with one attached hydrogen (secondary N) is 1. The van der Waals surface area contributed by atoms with Gasteiger partial charge >= 0.3 is 0 Å². The molecule has 0 radical (unpaired) electrons. The van der Waals surface area contributed by atoms with Crippen LogP contribution in [0.3, 0.4) is 0 Å². The molecule has 6 rings (SSSR count). The van der Waals surface area contributed by atoms with Gasteiger partial charge in [-0.25, -0.2) is 0 Å². The predicted octanol–water partition coefficient (Wildman–Crippen LogP) is 8.32. The van der Waals surface area contributed by atoms with E-state index in [1.54, 1.807) is 0 Å². The second kappa shape index (κ2) is 7.30. The van der Waals surface area contributed by atoms with E-state index in [-0.39, 0.29) is 0 Å². The number of hydrogen-bond donors (Lipinski definition) is 1. The minimum absolute atomic E-state index is 1.17. The van der Waals surface area contributed by atoms with Crippen molar-refractivity contribution in [1.82, 2.24) is 4.98 Å². The molecule has 1 aromatic heterocycles. The minimum atomic E-state index is 1.17. The first kappa shape index (κ1) is 17.7. The SMILES string of the molecule is c1ccc(-c2cccc(-c3cccc4c3[nH]c3ccccc34)c2-c2ccccc2)cc1. The highest BCUT2D eigenvalue weighted by atomic mass is 14.7. The third-order valence-corrected chi connectivity index (χ3v) is 6.04. The lowest BCUT2D eigenvalue weighted by atomic mass is 9.87. The van der Waals surface area contributed by atoms with Crippen LogP contribution in [0, 0.1) is 0 Å². The Bertz CT molecular complexity index is 1510. The van der Waals surface area contributed by atoms with Crippen LogP contribution >= 0.6 is 0 Å². The summed E-state index contributed by atoms with van der Waals surface area (Å²) >= 11 is 0. The Balaban J connectivity index is 1.71. The molecular weight excluding hydrogens is 374 g/mol. The van der Waals surface area contributed by atoms with E-state index < -0.39 is 0 Å². The third kappa shape index (κ3) is 2.94. The van der Waals surface area contributed by atoms with Gasteiger partial charge in [-0.2, -0.15) is 0 Å². The average Bonchev–Trinajstić information content (AvgIpc) is 3.24. The summed E-state index contributed by atoms with van der Waals surface area (Å²) in [6, 6.07) is 43.2. The molecule has 0 aliphatic rings. The maximum absolute atomic E-state index is 3.68. The molecule has 1 heterocycles. The fourth-order valence-corrected chi connectivity index (χ4v) is 4.65. The summed E-state index contributed by atoms with van der Waals surface area (Å²) in [6.07, 6.45) is 0. The lowest BCUT2D eigenvalue weighted by Gasteiger charge is -2.17. The molecule has 0 aliphatic heterocycles. The van der Waals surface area contributed by atoms with Crippen LogP contribution in [0.4, 0.5) is 0 Å². The van der Waals surface area contributed by atoms with Gasteiger partial charge in [0.15, 0.2) is 0 Å². The monoisotopic (exact) mass is 395 g/mol. The third-order valence-electron chi connectivity index (χ3n) is 6.04. The molecular formula is C30H21N. The lowest BCUT2D eigenvalue weighted by Crippen LogP contribution is -1.91. The largest absolute Gasteiger partial charge is 0.354 e. The van der Waals surface area contributed by atoms with Crippen molar-refractivity contribution >= 4 is 21.8 Å². The molecule has 0 aliphatic carbocycles. The molecule has 1 N–H and O–H groups in total. The highest BCUT2D eigenvalue weighted by molar-refractivity contribution is 6.13. The van der Waals surface area contributed by atoms with Crippen LogP contribution in [0.5, 0.6) is 0 Å². The topological polar surface area (TPSA) is 15.8 Å². The van der Waals surface area contributed by atoms with E-state index in [4.69, 9.17) is 0 Å². The van der Waals surface area contributed by atoms with Crippen LogP contribution in [0.25, 0.3) is 55.2 Å². The Hall–Kier alpha value is -4.10. The van der Waals surface area contributed by atoms with E-state index in [0.29, 0.717) is 0 Å². The molecule has 0 saturated carbocycles. The molecule has 0 saturated heterocycles. The van der Waals surface area contributed by atoms with Crippen molar-refractivity contribution in [1.29, 1.82) is 0 Å². The molecule has 0 fully saturated rings. The highest BCUT2D eigenvalue weighted by Gasteiger charge is 2.16. The fourth-order valence-electron chi connectivity index (χ4n) is 4.65. The van der Waals surface area contributed by atoms with Crippen LogP contribution in [-0.4, -0.2) is 4.98 Å². The summed E-state index contributed by atoms with van der Waals surface area (Å²) in [7, 11) is 0. The molecule has 0 atom stereocenters. The predicted molar refractivity (Wildman–Crippen MR) is 132 cm³/mol. The molecule has 31 heavy (non-hydrogen) atoms. The number of H-pyrrole nitrogens is 1. The number of fused-ring (bicyclic) bond motifs is 3. The first-order chi connectivity index (χ1) is 15.4. The van der Waals surface area contributed by atoms with E-state index in [2.05, 4.69) is 126 Å². The Morgan fingerprint density at radius 2 is 0.968 bits per heavy atom. The average molecular weight is 396 g/mol.